The first-order chi connectivity index (χ1) is 15.2. The van der Waals surface area contributed by atoms with Crippen molar-refractivity contribution in [2.45, 2.75) is 25.7 Å². The van der Waals surface area contributed by atoms with Gasteiger partial charge in [0.05, 0.1) is 30.0 Å². The molecule has 1 aliphatic heterocycles. The fourth-order valence-electron chi connectivity index (χ4n) is 3.55. The molecule has 0 saturated heterocycles. The van der Waals surface area contributed by atoms with E-state index in [1.165, 1.54) is 29.4 Å². The van der Waals surface area contributed by atoms with Crippen LogP contribution in [0.15, 0.2) is 42.7 Å². The maximum absolute atomic E-state index is 13.3. The van der Waals surface area contributed by atoms with Crippen molar-refractivity contribution in [1.82, 2.24) is 14.8 Å². The van der Waals surface area contributed by atoms with Crippen LogP contribution in [0.4, 0.5) is 24.7 Å². The molecule has 4 rings (SSSR count). The number of nitrogens with two attached hydrogens (primary N) is 1. The molecule has 0 bridgehead atoms. The Morgan fingerprint density at radius 2 is 2.00 bits per heavy atom. The van der Waals surface area contributed by atoms with Crippen molar-refractivity contribution in [2.24, 2.45) is 0 Å². The number of aliphatic hydroxyl groups excluding tert-OH is 1. The van der Waals surface area contributed by atoms with Crippen LogP contribution in [0.5, 0.6) is 0 Å². The van der Waals surface area contributed by atoms with E-state index < -0.39 is 24.3 Å². The number of amides is 1. The lowest BCUT2D eigenvalue weighted by Gasteiger charge is -2.32. The molecular formula is C22H18F3N5O2. The Kier molecular flexibility index (Phi) is 5.36. The van der Waals surface area contributed by atoms with Gasteiger partial charge in [-0.05, 0) is 42.8 Å². The third-order valence-corrected chi connectivity index (χ3v) is 5.11. The van der Waals surface area contributed by atoms with Gasteiger partial charge in [0.15, 0.2) is 0 Å². The molecular weight excluding hydrogens is 423 g/mol. The average Bonchev–Trinajstić information content (AvgIpc) is 3.20. The number of anilines is 2. The summed E-state index contributed by atoms with van der Waals surface area (Å²) < 4.78 is 41.1. The summed E-state index contributed by atoms with van der Waals surface area (Å²) in [4.78, 5) is 18.6. The number of hydrogen-bond acceptors (Lipinski definition) is 5. The Hall–Kier alpha value is -3.84. The Morgan fingerprint density at radius 1 is 1.22 bits per heavy atom. The van der Waals surface area contributed by atoms with E-state index >= 15 is 0 Å². The third kappa shape index (κ3) is 3.90. The van der Waals surface area contributed by atoms with Crippen LogP contribution in [0, 0.1) is 11.8 Å². The van der Waals surface area contributed by atoms with Crippen LogP contribution in [-0.2, 0) is 12.8 Å². The first kappa shape index (κ1) is 21.4. The molecule has 0 spiro atoms. The zero-order valence-electron chi connectivity index (χ0n) is 16.9. The highest BCUT2D eigenvalue weighted by atomic mass is 19.4. The fraction of sp³-hybridized carbons (Fsp3) is 0.227. The SMILES string of the molecule is CC1CN(c2ccc(C(F)(F)F)c(CO)c2)C(=O)c2c(C#Cc3ccc(N)nc3)cnn21. The van der Waals surface area contributed by atoms with Gasteiger partial charge in [0.25, 0.3) is 5.91 Å². The van der Waals surface area contributed by atoms with Gasteiger partial charge in [-0.15, -0.1) is 0 Å². The number of benzene rings is 1. The summed E-state index contributed by atoms with van der Waals surface area (Å²) in [6.07, 6.45) is -1.61. The molecule has 3 heterocycles. The van der Waals surface area contributed by atoms with Crippen molar-refractivity contribution in [3.8, 4) is 11.8 Å². The zero-order chi connectivity index (χ0) is 23.0. The van der Waals surface area contributed by atoms with Gasteiger partial charge in [-0.1, -0.05) is 11.8 Å². The summed E-state index contributed by atoms with van der Waals surface area (Å²) >= 11 is 0. The molecule has 0 radical (unpaired) electrons. The average molecular weight is 441 g/mol. The van der Waals surface area contributed by atoms with Gasteiger partial charge in [-0.25, -0.2) is 4.98 Å². The normalized spacial score (nSPS) is 15.8. The number of carbonyl (C=O) groups is 1. The van der Waals surface area contributed by atoms with Crippen molar-refractivity contribution >= 4 is 17.4 Å². The number of aliphatic hydroxyl groups is 1. The lowest BCUT2D eigenvalue weighted by molar-refractivity contribution is -0.138. The number of pyridine rings is 1. The quantitative estimate of drug-likeness (QED) is 0.596. The van der Waals surface area contributed by atoms with Gasteiger partial charge in [-0.3, -0.25) is 9.48 Å². The van der Waals surface area contributed by atoms with E-state index in [-0.39, 0.29) is 29.5 Å². The molecule has 1 aromatic carbocycles. The summed E-state index contributed by atoms with van der Waals surface area (Å²) in [5.41, 5.74) is 5.81. The minimum absolute atomic E-state index is 0.207. The monoisotopic (exact) mass is 441 g/mol. The molecule has 3 N–H and O–H groups in total. The molecule has 1 unspecified atom stereocenters. The number of nitrogen functional groups attached to an aromatic ring is 1. The van der Waals surface area contributed by atoms with Gasteiger partial charge in [0.1, 0.15) is 11.5 Å². The molecule has 0 fully saturated rings. The standard InChI is InChI=1S/C22H18F3N5O2/c1-13-11-29(17-5-6-18(22(23,24)25)16(8-17)12-31)21(32)20-15(10-28-30(13)20)4-2-14-3-7-19(26)27-9-14/h3,5-10,13,31H,11-12H2,1H3,(H2,26,27). The van der Waals surface area contributed by atoms with Gasteiger partial charge in [-0.2, -0.15) is 18.3 Å². The van der Waals surface area contributed by atoms with Gasteiger partial charge < -0.3 is 15.7 Å². The first-order valence-corrected chi connectivity index (χ1v) is 9.63. The van der Waals surface area contributed by atoms with Gasteiger partial charge in [0, 0.05) is 24.0 Å². The van der Waals surface area contributed by atoms with Gasteiger partial charge in [0.2, 0.25) is 0 Å². The van der Waals surface area contributed by atoms with Gasteiger partial charge >= 0.3 is 6.18 Å². The molecule has 1 amide bonds. The number of hydrogen-bond donors (Lipinski definition) is 2. The predicted molar refractivity (Wildman–Crippen MR) is 111 cm³/mol. The molecule has 10 heteroatoms. The van der Waals surface area contributed by atoms with Crippen LogP contribution >= 0.6 is 0 Å². The highest BCUT2D eigenvalue weighted by Gasteiger charge is 2.36. The van der Waals surface area contributed by atoms with Crippen molar-refractivity contribution in [1.29, 1.82) is 0 Å². The van der Waals surface area contributed by atoms with Crippen molar-refractivity contribution in [2.75, 3.05) is 17.2 Å². The zero-order valence-corrected chi connectivity index (χ0v) is 16.9. The summed E-state index contributed by atoms with van der Waals surface area (Å²) in [6.45, 7) is 1.25. The van der Waals surface area contributed by atoms with Crippen LogP contribution in [0.1, 0.15) is 45.7 Å². The lowest BCUT2D eigenvalue weighted by Crippen LogP contribution is -2.43. The number of aromatic nitrogens is 3. The Morgan fingerprint density at radius 3 is 2.66 bits per heavy atom. The second-order valence-corrected chi connectivity index (χ2v) is 7.34. The first-order valence-electron chi connectivity index (χ1n) is 9.63. The molecule has 7 nitrogen and oxygen atoms in total. The molecule has 3 aromatic rings. The molecule has 2 aromatic heterocycles. The lowest BCUT2D eigenvalue weighted by atomic mass is 10.0. The maximum Gasteiger partial charge on any atom is 0.416 e. The molecule has 1 aliphatic rings. The Balaban J connectivity index is 1.71. The molecule has 32 heavy (non-hydrogen) atoms. The summed E-state index contributed by atoms with van der Waals surface area (Å²) in [5.74, 6) is 5.74. The summed E-state index contributed by atoms with van der Waals surface area (Å²) in [7, 11) is 0. The van der Waals surface area contributed by atoms with Crippen LogP contribution < -0.4 is 10.6 Å². The van der Waals surface area contributed by atoms with Crippen molar-refractivity contribution in [3.63, 3.8) is 0 Å². The number of nitrogens with zero attached hydrogens (tertiary/aromatic N) is 4. The second kappa shape index (κ2) is 8.01. The summed E-state index contributed by atoms with van der Waals surface area (Å²) in [6, 6.07) is 6.35. The predicted octanol–water partition coefficient (Wildman–Crippen LogP) is 2.99. The van der Waals surface area contributed by atoms with E-state index in [4.69, 9.17) is 5.73 Å². The summed E-state index contributed by atoms with van der Waals surface area (Å²) in [5, 5.41) is 13.7. The van der Waals surface area contributed by atoms with Crippen LogP contribution in [0.3, 0.4) is 0 Å². The van der Waals surface area contributed by atoms with E-state index in [1.807, 2.05) is 6.92 Å². The Bertz CT molecular complexity index is 1240. The van der Waals surface area contributed by atoms with Crippen LogP contribution in [-0.4, -0.2) is 32.3 Å². The van der Waals surface area contributed by atoms with E-state index in [9.17, 15) is 23.1 Å². The number of alkyl halides is 3. The maximum atomic E-state index is 13.3. The van der Waals surface area contributed by atoms with Crippen molar-refractivity contribution in [3.05, 3.63) is 70.7 Å². The van der Waals surface area contributed by atoms with E-state index in [0.29, 0.717) is 16.9 Å². The topological polar surface area (TPSA) is 97.3 Å². The number of rotatable bonds is 2. The molecule has 0 aliphatic carbocycles. The Labute approximate surface area is 181 Å². The van der Waals surface area contributed by atoms with E-state index in [2.05, 4.69) is 21.9 Å². The number of fused-ring (bicyclic) bond motifs is 1. The molecule has 164 valence electrons. The minimum atomic E-state index is -4.60. The van der Waals surface area contributed by atoms with E-state index in [0.717, 1.165) is 6.07 Å². The van der Waals surface area contributed by atoms with Crippen LogP contribution in [0.2, 0.25) is 0 Å². The molecule has 1 atom stereocenters. The number of halogens is 3. The second-order valence-electron chi connectivity index (χ2n) is 7.34. The highest BCUT2D eigenvalue weighted by molar-refractivity contribution is 6.07. The van der Waals surface area contributed by atoms with Crippen LogP contribution in [0.25, 0.3) is 0 Å². The molecule has 0 saturated carbocycles. The number of carbonyl (C=O) groups excluding carboxylic acids is 1. The minimum Gasteiger partial charge on any atom is -0.392 e. The van der Waals surface area contributed by atoms with E-state index in [1.54, 1.807) is 16.8 Å². The van der Waals surface area contributed by atoms with Crippen molar-refractivity contribution < 1.29 is 23.1 Å². The smallest absolute Gasteiger partial charge is 0.392 e. The highest BCUT2D eigenvalue weighted by Crippen LogP contribution is 2.35. The fourth-order valence-corrected chi connectivity index (χ4v) is 3.55. The largest absolute Gasteiger partial charge is 0.416 e. The third-order valence-electron chi connectivity index (χ3n) is 5.11.